The first-order valence-electron chi connectivity index (χ1n) is 16.7. The van der Waals surface area contributed by atoms with Crippen LogP contribution in [0.15, 0.2) is 66.9 Å². The molecule has 2 fully saturated rings. The van der Waals surface area contributed by atoms with Gasteiger partial charge in [0.1, 0.15) is 11.4 Å². The van der Waals surface area contributed by atoms with Crippen LogP contribution >= 0.6 is 0 Å². The predicted molar refractivity (Wildman–Crippen MR) is 180 cm³/mol. The van der Waals surface area contributed by atoms with Gasteiger partial charge in [0.2, 0.25) is 5.95 Å². The number of carbonyl (C=O) groups excluding carboxylic acids is 1. The number of alkyl carbamates (subject to hydrolysis) is 1. The smallest absolute Gasteiger partial charge is 0.407 e. The highest BCUT2D eigenvalue weighted by Crippen LogP contribution is 2.41. The number of allylic oxidation sites excluding steroid dienone is 1. The molecule has 2 aromatic carbocycles. The fraction of sp³-hybridized carbons (Fsp3) is 0.432. The maximum Gasteiger partial charge on any atom is 0.407 e. The maximum absolute atomic E-state index is 15.4. The Morgan fingerprint density at radius 1 is 0.980 bits per heavy atom. The van der Waals surface area contributed by atoms with E-state index in [1.165, 1.54) is 4.68 Å². The first-order valence-corrected chi connectivity index (χ1v) is 16.7. The van der Waals surface area contributed by atoms with E-state index >= 15 is 4.39 Å². The van der Waals surface area contributed by atoms with E-state index in [-0.39, 0.29) is 17.0 Å². The van der Waals surface area contributed by atoms with Crippen molar-refractivity contribution in [1.82, 2.24) is 20.1 Å². The van der Waals surface area contributed by atoms with Crippen LogP contribution in [0.5, 0.6) is 0 Å². The molecule has 2 saturated heterocycles. The Hall–Kier alpha value is -4.45. The highest BCUT2D eigenvalue weighted by molar-refractivity contribution is 6.00. The molecule has 1 amide bonds. The van der Waals surface area contributed by atoms with Crippen LogP contribution in [0.3, 0.4) is 0 Å². The Kier molecular flexibility index (Phi) is 9.96. The van der Waals surface area contributed by atoms with Gasteiger partial charge in [-0.05, 0) is 99.4 Å². The van der Waals surface area contributed by atoms with E-state index in [1.54, 1.807) is 87.6 Å². The van der Waals surface area contributed by atoms with Crippen LogP contribution in [-0.2, 0) is 9.47 Å². The number of alkyl halides is 3. The topological polar surface area (TPSA) is 81.5 Å². The molecule has 260 valence electrons. The number of halogens is 4. The number of nitrogens with zero attached hydrogens (tertiary/aromatic N) is 4. The third-order valence-corrected chi connectivity index (χ3v) is 8.68. The highest BCUT2D eigenvalue weighted by atomic mass is 19.4. The van der Waals surface area contributed by atoms with Crippen LogP contribution in [-0.4, -0.2) is 58.4 Å². The minimum atomic E-state index is -4.52. The second-order valence-electron chi connectivity index (χ2n) is 13.6. The number of rotatable bonds is 7. The first kappa shape index (κ1) is 34.4. The van der Waals surface area contributed by atoms with Crippen LogP contribution in [0.2, 0.25) is 0 Å². The molecule has 2 aliphatic rings. The van der Waals surface area contributed by atoms with Gasteiger partial charge in [-0.3, -0.25) is 0 Å². The molecule has 0 aliphatic carbocycles. The molecule has 0 radical (unpaired) electrons. The summed E-state index contributed by atoms with van der Waals surface area (Å²) in [6.45, 7) is 7.18. The minimum absolute atomic E-state index is 0.0463. The fourth-order valence-electron chi connectivity index (χ4n) is 6.58. The molecule has 49 heavy (non-hydrogen) atoms. The van der Waals surface area contributed by atoms with E-state index in [0.717, 1.165) is 25.7 Å². The van der Waals surface area contributed by atoms with Gasteiger partial charge in [0.05, 0.1) is 17.3 Å². The summed E-state index contributed by atoms with van der Waals surface area (Å²) >= 11 is 0. The van der Waals surface area contributed by atoms with Crippen molar-refractivity contribution in [2.24, 2.45) is 0 Å². The number of fused-ring (bicyclic) bond motifs is 1. The highest BCUT2D eigenvalue weighted by Gasteiger charge is 2.32. The Morgan fingerprint density at radius 2 is 1.76 bits per heavy atom. The average molecular weight is 680 g/mol. The zero-order chi connectivity index (χ0) is 34.8. The maximum atomic E-state index is 15.4. The van der Waals surface area contributed by atoms with Crippen LogP contribution in [0.25, 0.3) is 22.0 Å². The van der Waals surface area contributed by atoms with Gasteiger partial charge in [0, 0.05) is 37.5 Å². The molecule has 2 atom stereocenters. The number of aromatic nitrogens is 3. The lowest BCUT2D eigenvalue weighted by molar-refractivity contribution is -0.122. The van der Waals surface area contributed by atoms with Gasteiger partial charge in [-0.25, -0.2) is 14.5 Å². The molecule has 4 aromatic rings. The van der Waals surface area contributed by atoms with E-state index in [9.17, 15) is 18.0 Å². The number of carbonyl (C=O) groups is 1. The molecule has 0 bridgehead atoms. The van der Waals surface area contributed by atoms with Crippen LogP contribution in [0.1, 0.15) is 82.2 Å². The van der Waals surface area contributed by atoms with E-state index in [4.69, 9.17) is 14.5 Å². The molecule has 1 N–H and O–H groups in total. The average Bonchev–Trinajstić information content (AvgIpc) is 3.40. The summed E-state index contributed by atoms with van der Waals surface area (Å²) in [4.78, 5) is 19.1. The van der Waals surface area contributed by atoms with Gasteiger partial charge in [-0.2, -0.15) is 17.6 Å². The Balaban J connectivity index is 1.38. The number of pyridine rings is 1. The number of benzene rings is 2. The molecular formula is C37H41F4N5O3. The second-order valence-corrected chi connectivity index (χ2v) is 13.6. The number of anilines is 1. The monoisotopic (exact) mass is 679 g/mol. The van der Waals surface area contributed by atoms with Crippen molar-refractivity contribution in [1.29, 1.82) is 0 Å². The van der Waals surface area contributed by atoms with Crippen molar-refractivity contribution in [2.75, 3.05) is 24.6 Å². The fourth-order valence-corrected chi connectivity index (χ4v) is 6.58. The summed E-state index contributed by atoms with van der Waals surface area (Å²) < 4.78 is 71.0. The lowest BCUT2D eigenvalue weighted by Gasteiger charge is -2.34. The second kappa shape index (κ2) is 14.2. The standard InChI is InChI=1S/C37H41F4N5O3/c1-36(2,3)49-35(47)43-27-12-9-18-45(23-27)31-17-15-26(22-42-31)33(29(21-37(39,40)41)24-10-5-4-6-11-24)25-14-16-30-28(20-25)34(38)44-46(30)32-13-7-8-19-48-32/h4-6,10-11,14-17,20,22,27,32H,7-9,12-13,18-19,21,23H2,1-3H3,(H,43,47)/b33-29-/t27-,32?/m0/s1. The van der Waals surface area contributed by atoms with Gasteiger partial charge in [0.25, 0.3) is 0 Å². The van der Waals surface area contributed by atoms with E-state index in [1.807, 2.05) is 4.90 Å². The summed E-state index contributed by atoms with van der Waals surface area (Å²) in [5.41, 5.74) is 1.50. The molecule has 12 heteroatoms. The molecular weight excluding hydrogens is 638 g/mol. The molecule has 6 rings (SSSR count). The molecule has 8 nitrogen and oxygen atoms in total. The Morgan fingerprint density at radius 3 is 2.43 bits per heavy atom. The van der Waals surface area contributed by atoms with E-state index in [0.29, 0.717) is 59.7 Å². The van der Waals surface area contributed by atoms with Gasteiger partial charge in [0.15, 0.2) is 6.23 Å². The summed E-state index contributed by atoms with van der Waals surface area (Å²) in [5.74, 6) is -0.0818. The molecule has 2 aliphatic heterocycles. The third-order valence-electron chi connectivity index (χ3n) is 8.68. The Labute approximate surface area is 283 Å². The zero-order valence-electron chi connectivity index (χ0n) is 27.9. The van der Waals surface area contributed by atoms with Crippen molar-refractivity contribution >= 4 is 34.0 Å². The van der Waals surface area contributed by atoms with Crippen LogP contribution < -0.4 is 10.2 Å². The SMILES string of the molecule is CC(C)(C)OC(=O)N[C@H]1CCCN(c2ccc(/C(=C(/CC(F)(F)F)c3ccccc3)c3ccc4c(c3)c(F)nn4C3CCCCO3)cn2)C1. The Bertz CT molecular complexity index is 1790. The normalized spacial score (nSPS) is 19.4. The summed E-state index contributed by atoms with van der Waals surface area (Å²) in [7, 11) is 0. The predicted octanol–water partition coefficient (Wildman–Crippen LogP) is 8.67. The zero-order valence-corrected chi connectivity index (χ0v) is 27.9. The number of amides is 1. The van der Waals surface area contributed by atoms with Crippen molar-refractivity contribution in [3.63, 3.8) is 0 Å². The molecule has 0 spiro atoms. The van der Waals surface area contributed by atoms with Crippen molar-refractivity contribution in [3.05, 3.63) is 89.5 Å². The van der Waals surface area contributed by atoms with Crippen molar-refractivity contribution in [3.8, 4) is 0 Å². The number of hydrogen-bond donors (Lipinski definition) is 1. The summed E-state index contributed by atoms with van der Waals surface area (Å²) in [6.07, 6.45) is -0.915. The third kappa shape index (κ3) is 8.41. The lowest BCUT2D eigenvalue weighted by Crippen LogP contribution is -2.49. The molecule has 2 aromatic heterocycles. The molecule has 0 saturated carbocycles. The first-order chi connectivity index (χ1) is 23.3. The van der Waals surface area contributed by atoms with Crippen molar-refractivity contribution < 1.29 is 31.8 Å². The molecule has 4 heterocycles. The number of piperidine rings is 1. The van der Waals surface area contributed by atoms with Gasteiger partial charge >= 0.3 is 12.3 Å². The number of nitrogens with one attached hydrogen (secondary N) is 1. The van der Waals surface area contributed by atoms with Gasteiger partial charge in [-0.1, -0.05) is 36.4 Å². The minimum Gasteiger partial charge on any atom is -0.444 e. The van der Waals surface area contributed by atoms with E-state index in [2.05, 4.69) is 10.4 Å². The van der Waals surface area contributed by atoms with Gasteiger partial charge in [-0.15, -0.1) is 5.10 Å². The number of hydrogen-bond acceptors (Lipinski definition) is 6. The number of ether oxygens (including phenoxy) is 2. The largest absolute Gasteiger partial charge is 0.444 e. The summed E-state index contributed by atoms with van der Waals surface area (Å²) in [6, 6.07) is 16.8. The van der Waals surface area contributed by atoms with Crippen LogP contribution in [0, 0.1) is 5.95 Å². The van der Waals surface area contributed by atoms with Gasteiger partial charge < -0.3 is 19.7 Å². The summed E-state index contributed by atoms with van der Waals surface area (Å²) in [5, 5.41) is 7.26. The molecule has 1 unspecified atom stereocenters. The van der Waals surface area contributed by atoms with Crippen LogP contribution in [0.4, 0.5) is 28.2 Å². The van der Waals surface area contributed by atoms with E-state index < -0.39 is 36.5 Å². The quantitative estimate of drug-likeness (QED) is 0.156. The van der Waals surface area contributed by atoms with Crippen molar-refractivity contribution in [2.45, 2.75) is 83.3 Å². The lowest BCUT2D eigenvalue weighted by atomic mass is 9.88.